The van der Waals surface area contributed by atoms with E-state index in [1.54, 1.807) is 7.11 Å². The van der Waals surface area contributed by atoms with Crippen LogP contribution in [0.25, 0.3) is 5.69 Å². The standard InChI is InChI=1S/C15H20BrN3O/c1-3-14-12(10-17-8-9-20-2)11-18-19(14)15-7-5-4-6-13(15)16/h4-7,11,17H,3,8-10H2,1-2H3. The number of para-hydroxylation sites is 1. The van der Waals surface area contributed by atoms with Gasteiger partial charge in [0.15, 0.2) is 0 Å². The predicted molar refractivity (Wildman–Crippen MR) is 84.2 cm³/mol. The van der Waals surface area contributed by atoms with Gasteiger partial charge in [0.05, 0.1) is 18.5 Å². The summed E-state index contributed by atoms with van der Waals surface area (Å²) in [6, 6.07) is 8.14. The highest BCUT2D eigenvalue weighted by atomic mass is 79.9. The Bertz CT molecular complexity index is 554. The SMILES string of the molecule is CCc1c(CNCCOC)cnn1-c1ccccc1Br. The number of nitrogens with zero attached hydrogens (tertiary/aromatic N) is 2. The maximum atomic E-state index is 5.04. The van der Waals surface area contributed by atoms with Gasteiger partial charge in [-0.25, -0.2) is 4.68 Å². The average molecular weight is 338 g/mol. The third kappa shape index (κ3) is 3.48. The number of methoxy groups -OCH3 is 1. The van der Waals surface area contributed by atoms with E-state index in [1.165, 1.54) is 11.3 Å². The molecule has 0 spiro atoms. The minimum Gasteiger partial charge on any atom is -0.383 e. The zero-order valence-corrected chi connectivity index (χ0v) is 13.5. The number of aromatic nitrogens is 2. The van der Waals surface area contributed by atoms with Gasteiger partial charge in [0, 0.05) is 35.9 Å². The zero-order valence-electron chi connectivity index (χ0n) is 11.9. The Morgan fingerprint density at radius 2 is 2.15 bits per heavy atom. The van der Waals surface area contributed by atoms with Crippen LogP contribution in [0.3, 0.4) is 0 Å². The van der Waals surface area contributed by atoms with Crippen molar-refractivity contribution in [3.8, 4) is 5.69 Å². The number of benzene rings is 1. The molecule has 2 aromatic rings. The lowest BCUT2D eigenvalue weighted by molar-refractivity contribution is 0.199. The highest BCUT2D eigenvalue weighted by Gasteiger charge is 2.12. The molecule has 4 nitrogen and oxygen atoms in total. The Morgan fingerprint density at radius 1 is 1.35 bits per heavy atom. The predicted octanol–water partition coefficient (Wildman–Crippen LogP) is 2.93. The molecular formula is C15H20BrN3O. The largest absolute Gasteiger partial charge is 0.383 e. The summed E-state index contributed by atoms with van der Waals surface area (Å²) in [6.07, 6.45) is 2.89. The Balaban J connectivity index is 2.19. The Kier molecular flexibility index (Phi) is 5.76. The first-order valence-electron chi connectivity index (χ1n) is 6.78. The lowest BCUT2D eigenvalue weighted by Crippen LogP contribution is -2.19. The number of rotatable bonds is 7. The lowest BCUT2D eigenvalue weighted by Gasteiger charge is -2.10. The number of hydrogen-bond donors (Lipinski definition) is 1. The minimum absolute atomic E-state index is 0.722. The molecule has 20 heavy (non-hydrogen) atoms. The third-order valence-corrected chi connectivity index (χ3v) is 3.84. The van der Waals surface area contributed by atoms with Crippen LogP contribution in [-0.4, -0.2) is 30.0 Å². The van der Waals surface area contributed by atoms with E-state index in [1.807, 2.05) is 29.1 Å². The molecule has 0 saturated heterocycles. The van der Waals surface area contributed by atoms with Crippen molar-refractivity contribution in [3.63, 3.8) is 0 Å². The normalized spacial score (nSPS) is 10.9. The smallest absolute Gasteiger partial charge is 0.0790 e. The van der Waals surface area contributed by atoms with Gasteiger partial charge in [0.25, 0.3) is 0 Å². The molecule has 1 aromatic carbocycles. The molecule has 0 fully saturated rings. The van der Waals surface area contributed by atoms with Crippen molar-refractivity contribution in [3.05, 3.63) is 46.2 Å². The second-order valence-corrected chi connectivity index (χ2v) is 5.36. The van der Waals surface area contributed by atoms with E-state index in [2.05, 4.69) is 39.3 Å². The first-order valence-corrected chi connectivity index (χ1v) is 7.57. The monoisotopic (exact) mass is 337 g/mol. The number of nitrogens with one attached hydrogen (secondary N) is 1. The molecule has 0 saturated carbocycles. The van der Waals surface area contributed by atoms with Crippen LogP contribution in [0.5, 0.6) is 0 Å². The van der Waals surface area contributed by atoms with Gasteiger partial charge in [0.2, 0.25) is 0 Å². The maximum absolute atomic E-state index is 5.04. The molecule has 0 unspecified atom stereocenters. The Hall–Kier alpha value is -1.17. The van der Waals surface area contributed by atoms with E-state index in [-0.39, 0.29) is 0 Å². The summed E-state index contributed by atoms with van der Waals surface area (Å²) in [5, 5.41) is 7.90. The quantitative estimate of drug-likeness (QED) is 0.789. The molecular weight excluding hydrogens is 318 g/mol. The van der Waals surface area contributed by atoms with Gasteiger partial charge < -0.3 is 10.1 Å². The summed E-state index contributed by atoms with van der Waals surface area (Å²) in [5.74, 6) is 0. The zero-order chi connectivity index (χ0) is 14.4. The van der Waals surface area contributed by atoms with Gasteiger partial charge in [-0.05, 0) is 34.5 Å². The van der Waals surface area contributed by atoms with Crippen LogP contribution in [0, 0.1) is 0 Å². The number of hydrogen-bond acceptors (Lipinski definition) is 3. The second kappa shape index (κ2) is 7.57. The molecule has 0 aliphatic carbocycles. The van der Waals surface area contributed by atoms with Gasteiger partial charge in [-0.15, -0.1) is 0 Å². The van der Waals surface area contributed by atoms with E-state index >= 15 is 0 Å². The van der Waals surface area contributed by atoms with E-state index < -0.39 is 0 Å². The van der Waals surface area contributed by atoms with Crippen molar-refractivity contribution in [2.24, 2.45) is 0 Å². The molecule has 1 aromatic heterocycles. The summed E-state index contributed by atoms with van der Waals surface area (Å²) in [4.78, 5) is 0. The van der Waals surface area contributed by atoms with Crippen molar-refractivity contribution in [2.45, 2.75) is 19.9 Å². The second-order valence-electron chi connectivity index (χ2n) is 4.50. The highest BCUT2D eigenvalue weighted by Crippen LogP contribution is 2.23. The van der Waals surface area contributed by atoms with E-state index in [4.69, 9.17) is 4.74 Å². The molecule has 0 amide bonds. The van der Waals surface area contributed by atoms with Gasteiger partial charge in [-0.2, -0.15) is 5.10 Å². The summed E-state index contributed by atoms with van der Waals surface area (Å²) in [7, 11) is 1.71. The van der Waals surface area contributed by atoms with Crippen LogP contribution in [0.2, 0.25) is 0 Å². The van der Waals surface area contributed by atoms with Crippen LogP contribution in [0.1, 0.15) is 18.2 Å². The lowest BCUT2D eigenvalue weighted by atomic mass is 10.2. The first-order chi connectivity index (χ1) is 9.77. The fraction of sp³-hybridized carbons (Fsp3) is 0.400. The Labute approximate surface area is 128 Å². The molecule has 0 aliphatic rings. The van der Waals surface area contributed by atoms with Crippen LogP contribution in [0.15, 0.2) is 34.9 Å². The number of ether oxygens (including phenoxy) is 1. The van der Waals surface area contributed by atoms with Crippen molar-refractivity contribution in [1.29, 1.82) is 0 Å². The first kappa shape index (κ1) is 15.2. The summed E-state index contributed by atoms with van der Waals surface area (Å²) < 4.78 is 8.10. The van der Waals surface area contributed by atoms with Crippen molar-refractivity contribution in [1.82, 2.24) is 15.1 Å². The van der Waals surface area contributed by atoms with Gasteiger partial charge in [-0.1, -0.05) is 19.1 Å². The highest BCUT2D eigenvalue weighted by molar-refractivity contribution is 9.10. The minimum atomic E-state index is 0.722. The summed E-state index contributed by atoms with van der Waals surface area (Å²) in [6.45, 7) is 4.54. The van der Waals surface area contributed by atoms with Gasteiger partial charge in [-0.3, -0.25) is 0 Å². The summed E-state index contributed by atoms with van der Waals surface area (Å²) >= 11 is 3.59. The van der Waals surface area contributed by atoms with Crippen molar-refractivity contribution < 1.29 is 4.74 Å². The molecule has 1 N–H and O–H groups in total. The molecule has 108 valence electrons. The summed E-state index contributed by atoms with van der Waals surface area (Å²) in [5.41, 5.74) is 3.55. The molecule has 0 aliphatic heterocycles. The average Bonchev–Trinajstić information content (AvgIpc) is 2.87. The third-order valence-electron chi connectivity index (χ3n) is 3.17. The van der Waals surface area contributed by atoms with Crippen molar-refractivity contribution in [2.75, 3.05) is 20.3 Å². The van der Waals surface area contributed by atoms with Crippen LogP contribution in [0.4, 0.5) is 0 Å². The fourth-order valence-electron chi connectivity index (χ4n) is 2.16. The Morgan fingerprint density at radius 3 is 2.85 bits per heavy atom. The van der Waals surface area contributed by atoms with Gasteiger partial charge >= 0.3 is 0 Å². The molecule has 5 heteroatoms. The molecule has 1 heterocycles. The molecule has 0 bridgehead atoms. The topological polar surface area (TPSA) is 39.1 Å². The maximum Gasteiger partial charge on any atom is 0.0790 e. The fourth-order valence-corrected chi connectivity index (χ4v) is 2.61. The molecule has 0 radical (unpaired) electrons. The molecule has 0 atom stereocenters. The van der Waals surface area contributed by atoms with Crippen molar-refractivity contribution >= 4 is 15.9 Å². The van der Waals surface area contributed by atoms with E-state index in [0.29, 0.717) is 0 Å². The van der Waals surface area contributed by atoms with E-state index in [0.717, 1.165) is 36.3 Å². The van der Waals surface area contributed by atoms with Crippen LogP contribution in [-0.2, 0) is 17.7 Å². The van der Waals surface area contributed by atoms with E-state index in [9.17, 15) is 0 Å². The van der Waals surface area contributed by atoms with Crippen LogP contribution < -0.4 is 5.32 Å². The van der Waals surface area contributed by atoms with Crippen LogP contribution >= 0.6 is 15.9 Å². The van der Waals surface area contributed by atoms with Gasteiger partial charge in [0.1, 0.15) is 0 Å². The molecule has 2 rings (SSSR count). The number of halogens is 1.